The number of thiophene rings is 1. The Labute approximate surface area is 160 Å². The molecule has 2 N–H and O–H groups in total. The van der Waals surface area contributed by atoms with E-state index < -0.39 is 0 Å². The molecule has 0 amide bonds. The number of hydrogen-bond acceptors (Lipinski definition) is 5. The summed E-state index contributed by atoms with van der Waals surface area (Å²) in [5, 5.41) is 4.68. The van der Waals surface area contributed by atoms with Crippen LogP contribution in [-0.2, 0) is 17.8 Å². The molecule has 26 heavy (non-hydrogen) atoms. The van der Waals surface area contributed by atoms with Crippen molar-refractivity contribution in [3.8, 4) is 0 Å². The molecule has 0 saturated carbocycles. The van der Waals surface area contributed by atoms with Gasteiger partial charge in [0.15, 0.2) is 0 Å². The molecule has 0 bridgehead atoms. The molecule has 0 radical (unpaired) electrons. The van der Waals surface area contributed by atoms with Crippen LogP contribution in [0.15, 0.2) is 41.3 Å². The highest BCUT2D eigenvalue weighted by molar-refractivity contribution is 7.18. The molecular formula is C19H20ClN3O2S. The number of ether oxygens (including phenoxy) is 1. The van der Waals surface area contributed by atoms with Crippen LogP contribution in [0.25, 0.3) is 10.2 Å². The van der Waals surface area contributed by atoms with Crippen molar-refractivity contribution in [2.75, 3.05) is 31.6 Å². The third kappa shape index (κ3) is 3.94. The average molecular weight is 390 g/mol. The van der Waals surface area contributed by atoms with E-state index in [9.17, 15) is 4.79 Å². The summed E-state index contributed by atoms with van der Waals surface area (Å²) in [6, 6.07) is 9.62. The van der Waals surface area contributed by atoms with Crippen LogP contribution in [0.1, 0.15) is 10.4 Å². The number of aromatic amines is 1. The standard InChI is InChI=1S/C19H20ClN3O2S/c20-14-3-1-13(2-4-14)10-21-17-11-22-19-16(18(17)24)9-15(26-19)12-23-5-7-25-8-6-23/h1-4,9,11,21H,5-8,10,12H2,(H,22,24). The predicted molar refractivity (Wildman–Crippen MR) is 107 cm³/mol. The molecule has 0 atom stereocenters. The van der Waals surface area contributed by atoms with Gasteiger partial charge in [0.05, 0.1) is 24.3 Å². The van der Waals surface area contributed by atoms with E-state index in [1.54, 1.807) is 17.5 Å². The fourth-order valence-corrected chi connectivity index (χ4v) is 4.25. The Kier molecular flexibility index (Phi) is 5.26. The average Bonchev–Trinajstić information content (AvgIpc) is 3.07. The zero-order chi connectivity index (χ0) is 17.9. The van der Waals surface area contributed by atoms with Gasteiger partial charge in [0, 0.05) is 42.3 Å². The Bertz CT molecular complexity index is 946. The first kappa shape index (κ1) is 17.5. The molecule has 1 fully saturated rings. The highest BCUT2D eigenvalue weighted by atomic mass is 35.5. The first-order valence-electron chi connectivity index (χ1n) is 8.61. The van der Waals surface area contributed by atoms with Gasteiger partial charge in [-0.2, -0.15) is 0 Å². The number of H-pyrrole nitrogens is 1. The summed E-state index contributed by atoms with van der Waals surface area (Å²) in [6.07, 6.45) is 1.76. The SMILES string of the molecule is O=c1c(NCc2ccc(Cl)cc2)c[nH]c2sc(CN3CCOCC3)cc12. The lowest BCUT2D eigenvalue weighted by Gasteiger charge is -2.25. The van der Waals surface area contributed by atoms with Crippen LogP contribution in [0.5, 0.6) is 0 Å². The maximum Gasteiger partial charge on any atom is 0.213 e. The van der Waals surface area contributed by atoms with Crippen LogP contribution < -0.4 is 10.7 Å². The molecule has 1 aliphatic heterocycles. The van der Waals surface area contributed by atoms with Gasteiger partial charge >= 0.3 is 0 Å². The first-order chi connectivity index (χ1) is 12.7. The monoisotopic (exact) mass is 389 g/mol. The second-order valence-corrected chi connectivity index (χ2v) is 7.93. The fourth-order valence-electron chi connectivity index (χ4n) is 3.05. The predicted octanol–water partition coefficient (Wildman–Crippen LogP) is 3.69. The summed E-state index contributed by atoms with van der Waals surface area (Å²) in [4.78, 5) is 20.5. The quantitative estimate of drug-likeness (QED) is 0.698. The molecule has 3 aromatic rings. The number of aromatic nitrogens is 1. The van der Waals surface area contributed by atoms with Gasteiger partial charge in [0.1, 0.15) is 4.83 Å². The molecule has 0 unspecified atom stereocenters. The molecule has 1 saturated heterocycles. The molecule has 5 nitrogen and oxygen atoms in total. The van der Waals surface area contributed by atoms with Gasteiger partial charge in [0.25, 0.3) is 0 Å². The minimum absolute atomic E-state index is 0.0391. The topological polar surface area (TPSA) is 57.4 Å². The van der Waals surface area contributed by atoms with Gasteiger partial charge in [-0.15, -0.1) is 11.3 Å². The number of rotatable bonds is 5. The van der Waals surface area contributed by atoms with Crippen LogP contribution in [0.2, 0.25) is 5.02 Å². The zero-order valence-corrected chi connectivity index (χ0v) is 15.8. The Morgan fingerprint density at radius 2 is 2.00 bits per heavy atom. The van der Waals surface area contributed by atoms with Crippen LogP contribution in [0, 0.1) is 0 Å². The van der Waals surface area contributed by atoms with Gasteiger partial charge in [-0.05, 0) is 23.8 Å². The number of morpholine rings is 1. The van der Waals surface area contributed by atoms with Crippen molar-refractivity contribution in [2.24, 2.45) is 0 Å². The second kappa shape index (κ2) is 7.80. The van der Waals surface area contributed by atoms with E-state index in [-0.39, 0.29) is 5.43 Å². The molecule has 7 heteroatoms. The number of hydrogen-bond donors (Lipinski definition) is 2. The molecule has 1 aromatic carbocycles. The van der Waals surface area contributed by atoms with Crippen LogP contribution in [0.4, 0.5) is 5.69 Å². The van der Waals surface area contributed by atoms with Crippen molar-refractivity contribution < 1.29 is 4.74 Å². The largest absolute Gasteiger partial charge is 0.379 e. The minimum atomic E-state index is 0.0391. The number of nitrogens with one attached hydrogen (secondary N) is 2. The molecule has 3 heterocycles. The number of halogens is 1. The number of fused-ring (bicyclic) bond motifs is 1. The number of benzene rings is 1. The molecule has 0 spiro atoms. The molecule has 1 aliphatic rings. The van der Waals surface area contributed by atoms with Crippen molar-refractivity contribution in [3.05, 3.63) is 62.2 Å². The van der Waals surface area contributed by atoms with Crippen LogP contribution in [-0.4, -0.2) is 36.2 Å². The van der Waals surface area contributed by atoms with Gasteiger partial charge in [-0.25, -0.2) is 0 Å². The molecule has 136 valence electrons. The maximum atomic E-state index is 12.8. The smallest absolute Gasteiger partial charge is 0.213 e. The third-order valence-corrected chi connectivity index (χ3v) is 5.80. The van der Waals surface area contributed by atoms with Gasteiger partial charge < -0.3 is 15.0 Å². The summed E-state index contributed by atoms with van der Waals surface area (Å²) in [5.41, 5.74) is 1.70. The van der Waals surface area contributed by atoms with Crippen molar-refractivity contribution in [1.29, 1.82) is 0 Å². The highest BCUT2D eigenvalue weighted by Gasteiger charge is 2.14. The normalized spacial score (nSPS) is 15.4. The van der Waals surface area contributed by atoms with Crippen LogP contribution in [0.3, 0.4) is 0 Å². The van der Waals surface area contributed by atoms with E-state index in [1.807, 2.05) is 30.3 Å². The number of anilines is 1. The Morgan fingerprint density at radius 3 is 2.77 bits per heavy atom. The summed E-state index contributed by atoms with van der Waals surface area (Å²) in [7, 11) is 0. The first-order valence-corrected chi connectivity index (χ1v) is 9.81. The van der Waals surface area contributed by atoms with Gasteiger partial charge in [-0.1, -0.05) is 23.7 Å². The molecular weight excluding hydrogens is 370 g/mol. The van der Waals surface area contributed by atoms with Crippen molar-refractivity contribution in [3.63, 3.8) is 0 Å². The highest BCUT2D eigenvalue weighted by Crippen LogP contribution is 2.24. The Morgan fingerprint density at radius 1 is 1.23 bits per heavy atom. The lowest BCUT2D eigenvalue weighted by Crippen LogP contribution is -2.35. The van der Waals surface area contributed by atoms with E-state index in [0.717, 1.165) is 48.6 Å². The van der Waals surface area contributed by atoms with E-state index in [1.165, 1.54) is 4.88 Å². The summed E-state index contributed by atoms with van der Waals surface area (Å²) in [6.45, 7) is 4.89. The van der Waals surface area contributed by atoms with Crippen molar-refractivity contribution in [2.45, 2.75) is 13.1 Å². The van der Waals surface area contributed by atoms with Crippen LogP contribution >= 0.6 is 22.9 Å². The third-order valence-electron chi connectivity index (χ3n) is 4.50. The second-order valence-electron chi connectivity index (χ2n) is 6.36. The Hall–Kier alpha value is -1.86. The van der Waals surface area contributed by atoms with E-state index in [0.29, 0.717) is 17.3 Å². The summed E-state index contributed by atoms with van der Waals surface area (Å²) in [5.74, 6) is 0. The lowest BCUT2D eigenvalue weighted by atomic mass is 10.2. The molecule has 0 aliphatic carbocycles. The maximum absolute atomic E-state index is 12.8. The minimum Gasteiger partial charge on any atom is -0.379 e. The zero-order valence-electron chi connectivity index (χ0n) is 14.3. The summed E-state index contributed by atoms with van der Waals surface area (Å²) < 4.78 is 5.39. The molecule has 4 rings (SSSR count). The van der Waals surface area contributed by atoms with E-state index in [2.05, 4.69) is 15.2 Å². The van der Waals surface area contributed by atoms with Crippen molar-refractivity contribution >= 4 is 38.8 Å². The molecule has 2 aromatic heterocycles. The fraction of sp³-hybridized carbons (Fsp3) is 0.316. The number of pyridine rings is 1. The number of nitrogens with zero attached hydrogens (tertiary/aromatic N) is 1. The van der Waals surface area contributed by atoms with E-state index >= 15 is 0 Å². The van der Waals surface area contributed by atoms with Gasteiger partial charge in [-0.3, -0.25) is 9.69 Å². The summed E-state index contributed by atoms with van der Waals surface area (Å²) >= 11 is 7.56. The van der Waals surface area contributed by atoms with Gasteiger partial charge in [0.2, 0.25) is 5.43 Å². The van der Waals surface area contributed by atoms with E-state index in [4.69, 9.17) is 16.3 Å². The van der Waals surface area contributed by atoms with Crippen molar-refractivity contribution in [1.82, 2.24) is 9.88 Å². The lowest BCUT2D eigenvalue weighted by molar-refractivity contribution is 0.0346. The Balaban J connectivity index is 1.50.